The van der Waals surface area contributed by atoms with Gasteiger partial charge in [-0.3, -0.25) is 9.59 Å². The number of carbonyl (C=O) groups excluding carboxylic acids is 2. The second kappa shape index (κ2) is 10.2. The van der Waals surface area contributed by atoms with Crippen molar-refractivity contribution in [2.45, 2.75) is 72.0 Å². The zero-order chi connectivity index (χ0) is 24.1. The number of benzene rings is 2. The van der Waals surface area contributed by atoms with Crippen LogP contribution in [-0.2, 0) is 21.5 Å². The van der Waals surface area contributed by atoms with Crippen LogP contribution in [-0.4, -0.2) is 34.9 Å². The second-order valence-corrected chi connectivity index (χ2v) is 10.1. The molecule has 0 saturated heterocycles. The molecule has 2 amide bonds. The van der Waals surface area contributed by atoms with Crippen molar-refractivity contribution in [1.82, 2.24) is 10.2 Å². The van der Waals surface area contributed by atoms with E-state index in [1.54, 1.807) is 25.1 Å². The van der Waals surface area contributed by atoms with Crippen LogP contribution in [0.3, 0.4) is 0 Å². The van der Waals surface area contributed by atoms with Crippen molar-refractivity contribution >= 4 is 11.8 Å². The monoisotopic (exact) mass is 442 g/mol. The van der Waals surface area contributed by atoms with Gasteiger partial charge in [0.15, 0.2) is 6.61 Å². The zero-order valence-electron chi connectivity index (χ0n) is 20.2. The number of nitrogens with one attached hydrogen (secondary N) is 1. The number of hydrogen-bond donors (Lipinski definition) is 1. The van der Waals surface area contributed by atoms with Crippen molar-refractivity contribution < 1.29 is 18.7 Å². The highest BCUT2D eigenvalue weighted by molar-refractivity contribution is 5.88. The predicted octanol–water partition coefficient (Wildman–Crippen LogP) is 4.83. The predicted molar refractivity (Wildman–Crippen MR) is 125 cm³/mol. The lowest BCUT2D eigenvalue weighted by atomic mass is 9.87. The topological polar surface area (TPSA) is 58.6 Å². The van der Waals surface area contributed by atoms with Gasteiger partial charge in [-0.15, -0.1) is 0 Å². The molecule has 0 radical (unpaired) electrons. The number of nitrogens with zero attached hydrogens (tertiary/aromatic N) is 1. The molecule has 0 bridgehead atoms. The number of amides is 2. The molecule has 0 aliphatic rings. The van der Waals surface area contributed by atoms with Gasteiger partial charge in [0.25, 0.3) is 5.91 Å². The number of ether oxygens (including phenoxy) is 1. The van der Waals surface area contributed by atoms with E-state index in [-0.39, 0.29) is 24.5 Å². The van der Waals surface area contributed by atoms with Crippen LogP contribution in [0.15, 0.2) is 48.5 Å². The number of rotatable bonds is 7. The molecule has 1 N–H and O–H groups in total. The highest BCUT2D eigenvalue weighted by atomic mass is 19.1. The summed E-state index contributed by atoms with van der Waals surface area (Å²) in [6, 6.07) is 13.0. The van der Waals surface area contributed by atoms with Crippen molar-refractivity contribution in [2.24, 2.45) is 0 Å². The van der Waals surface area contributed by atoms with Gasteiger partial charge in [-0.05, 0) is 56.9 Å². The van der Waals surface area contributed by atoms with E-state index in [2.05, 4.69) is 26.1 Å². The summed E-state index contributed by atoms with van der Waals surface area (Å²) in [7, 11) is 0. The van der Waals surface area contributed by atoms with Gasteiger partial charge in [0.2, 0.25) is 5.91 Å². The Bertz CT molecular complexity index is 927. The summed E-state index contributed by atoms with van der Waals surface area (Å²) in [6.07, 6.45) is 0. The van der Waals surface area contributed by atoms with E-state index in [0.717, 1.165) is 5.56 Å². The van der Waals surface area contributed by atoms with E-state index >= 15 is 0 Å². The van der Waals surface area contributed by atoms with Crippen LogP contribution < -0.4 is 10.1 Å². The molecule has 2 aromatic rings. The first-order valence-electron chi connectivity index (χ1n) is 10.9. The Balaban J connectivity index is 2.17. The molecule has 0 aromatic heterocycles. The van der Waals surface area contributed by atoms with E-state index in [1.807, 2.05) is 45.0 Å². The van der Waals surface area contributed by atoms with Crippen molar-refractivity contribution in [3.8, 4) is 5.75 Å². The molecule has 0 heterocycles. The summed E-state index contributed by atoms with van der Waals surface area (Å²) < 4.78 is 20.0. The van der Waals surface area contributed by atoms with Gasteiger partial charge >= 0.3 is 0 Å². The molecule has 32 heavy (non-hydrogen) atoms. The largest absolute Gasteiger partial charge is 0.484 e. The Hall–Kier alpha value is -2.89. The maximum Gasteiger partial charge on any atom is 0.261 e. The minimum absolute atomic E-state index is 0.0146. The van der Waals surface area contributed by atoms with Crippen molar-refractivity contribution in [1.29, 1.82) is 0 Å². The molecular formula is C26H35FN2O3. The Morgan fingerprint density at radius 2 is 1.59 bits per heavy atom. The zero-order valence-corrected chi connectivity index (χ0v) is 20.2. The fraction of sp³-hybridized carbons (Fsp3) is 0.462. The third kappa shape index (κ3) is 7.36. The highest BCUT2D eigenvalue weighted by Gasteiger charge is 2.29. The average Bonchev–Trinajstić information content (AvgIpc) is 2.69. The Morgan fingerprint density at radius 1 is 1.00 bits per heavy atom. The fourth-order valence-corrected chi connectivity index (χ4v) is 3.15. The van der Waals surface area contributed by atoms with E-state index < -0.39 is 23.3 Å². The van der Waals surface area contributed by atoms with Gasteiger partial charge in [0.05, 0.1) is 0 Å². The third-order valence-electron chi connectivity index (χ3n) is 5.05. The Kier molecular flexibility index (Phi) is 8.05. The molecule has 6 heteroatoms. The van der Waals surface area contributed by atoms with Gasteiger partial charge in [-0.25, -0.2) is 4.39 Å². The molecule has 0 unspecified atom stereocenters. The molecule has 0 fully saturated rings. The molecule has 0 aliphatic heterocycles. The smallest absolute Gasteiger partial charge is 0.261 e. The highest BCUT2D eigenvalue weighted by Crippen LogP contribution is 2.24. The first-order valence-corrected chi connectivity index (χ1v) is 10.9. The van der Waals surface area contributed by atoms with Crippen LogP contribution >= 0.6 is 0 Å². The SMILES string of the molecule is C[C@@H](C(=O)NC(C)(C)C)N(Cc1ccccc1F)C(=O)COc1ccc(C(C)(C)C)cc1. The normalized spacial score (nSPS) is 12.8. The molecule has 0 spiro atoms. The van der Waals surface area contributed by atoms with Gasteiger partial charge in [0.1, 0.15) is 17.6 Å². The van der Waals surface area contributed by atoms with Gasteiger partial charge in [-0.2, -0.15) is 0 Å². The van der Waals surface area contributed by atoms with Crippen LogP contribution in [0.2, 0.25) is 0 Å². The molecule has 1 atom stereocenters. The van der Waals surface area contributed by atoms with E-state index in [4.69, 9.17) is 4.74 Å². The standard InChI is InChI=1S/C26H35FN2O3/c1-18(24(31)28-26(5,6)7)29(16-19-10-8-9-11-22(19)27)23(30)17-32-21-14-12-20(13-15-21)25(2,3)4/h8-15,18H,16-17H2,1-7H3,(H,28,31)/t18-/m0/s1. The minimum Gasteiger partial charge on any atom is -0.484 e. The van der Waals surface area contributed by atoms with Crippen LogP contribution in [0, 0.1) is 5.82 Å². The maximum absolute atomic E-state index is 14.3. The number of carbonyl (C=O) groups is 2. The first kappa shape index (κ1) is 25.4. The first-order chi connectivity index (χ1) is 14.8. The molecule has 0 saturated carbocycles. The molecular weight excluding hydrogens is 407 g/mol. The Morgan fingerprint density at radius 3 is 2.12 bits per heavy atom. The average molecular weight is 443 g/mol. The Labute approximate surface area is 191 Å². The molecule has 2 aromatic carbocycles. The van der Waals surface area contributed by atoms with Crippen molar-refractivity contribution in [2.75, 3.05) is 6.61 Å². The number of halogens is 1. The lowest BCUT2D eigenvalue weighted by molar-refractivity contribution is -0.142. The number of hydrogen-bond acceptors (Lipinski definition) is 3. The quantitative estimate of drug-likeness (QED) is 0.668. The molecule has 5 nitrogen and oxygen atoms in total. The van der Waals surface area contributed by atoms with E-state index in [0.29, 0.717) is 11.3 Å². The van der Waals surface area contributed by atoms with Crippen LogP contribution in [0.25, 0.3) is 0 Å². The molecule has 0 aliphatic carbocycles. The van der Waals surface area contributed by atoms with Crippen LogP contribution in [0.5, 0.6) is 5.75 Å². The lowest BCUT2D eigenvalue weighted by Gasteiger charge is -2.31. The van der Waals surface area contributed by atoms with Crippen LogP contribution in [0.1, 0.15) is 59.6 Å². The van der Waals surface area contributed by atoms with Crippen molar-refractivity contribution in [3.05, 3.63) is 65.5 Å². The molecule has 174 valence electrons. The van der Waals surface area contributed by atoms with Gasteiger partial charge in [-0.1, -0.05) is 51.1 Å². The summed E-state index contributed by atoms with van der Waals surface area (Å²) in [4.78, 5) is 27.2. The summed E-state index contributed by atoms with van der Waals surface area (Å²) in [5, 5.41) is 2.88. The van der Waals surface area contributed by atoms with E-state index in [1.165, 1.54) is 11.0 Å². The summed E-state index contributed by atoms with van der Waals surface area (Å²) in [5.74, 6) is -0.571. The maximum atomic E-state index is 14.3. The van der Waals surface area contributed by atoms with E-state index in [9.17, 15) is 14.0 Å². The molecule has 2 rings (SSSR count). The van der Waals surface area contributed by atoms with Gasteiger partial charge < -0.3 is 15.0 Å². The summed E-state index contributed by atoms with van der Waals surface area (Å²) in [5.41, 5.74) is 1.06. The summed E-state index contributed by atoms with van der Waals surface area (Å²) in [6.45, 7) is 13.3. The lowest BCUT2D eigenvalue weighted by Crippen LogP contribution is -2.53. The van der Waals surface area contributed by atoms with Crippen LogP contribution in [0.4, 0.5) is 4.39 Å². The van der Waals surface area contributed by atoms with Crippen molar-refractivity contribution in [3.63, 3.8) is 0 Å². The second-order valence-electron chi connectivity index (χ2n) is 10.1. The summed E-state index contributed by atoms with van der Waals surface area (Å²) >= 11 is 0. The minimum atomic E-state index is -0.798. The fourth-order valence-electron chi connectivity index (χ4n) is 3.15. The van der Waals surface area contributed by atoms with Gasteiger partial charge in [0, 0.05) is 17.6 Å². The third-order valence-corrected chi connectivity index (χ3v) is 5.05.